The zero-order valence-electron chi connectivity index (χ0n) is 23.9. The molecular weight excluding hydrogens is 508 g/mol. The SMILES string of the molecule is CC[C@H](C)[C@@H]1NC(=O)[C@@H]2[C@H](CCN2C(=O)[C@H](Cc2ccccc2)N(C)C)Oc2ccc(OC)c(c2)/C=C/NC1=O. The molecule has 2 heterocycles. The molecule has 0 aliphatic carbocycles. The highest BCUT2D eigenvalue weighted by Crippen LogP contribution is 2.30. The van der Waals surface area contributed by atoms with E-state index in [1.54, 1.807) is 36.4 Å². The fourth-order valence-corrected chi connectivity index (χ4v) is 5.30. The second-order valence-corrected chi connectivity index (χ2v) is 10.7. The van der Waals surface area contributed by atoms with Crippen molar-refractivity contribution >= 4 is 23.8 Å². The maximum absolute atomic E-state index is 14.1. The van der Waals surface area contributed by atoms with Gasteiger partial charge in [0.05, 0.1) is 13.2 Å². The monoisotopic (exact) mass is 548 g/mol. The van der Waals surface area contributed by atoms with Crippen LogP contribution in [0.2, 0.25) is 0 Å². The normalized spacial score (nSPS) is 23.4. The molecule has 9 heteroatoms. The highest BCUT2D eigenvalue weighted by Gasteiger charge is 2.46. The van der Waals surface area contributed by atoms with Crippen LogP contribution in [0.5, 0.6) is 11.5 Å². The van der Waals surface area contributed by atoms with Gasteiger partial charge in [-0.2, -0.15) is 0 Å². The molecule has 2 bridgehead atoms. The topological polar surface area (TPSA) is 100 Å². The van der Waals surface area contributed by atoms with Crippen LogP contribution < -0.4 is 20.1 Å². The van der Waals surface area contributed by atoms with E-state index in [4.69, 9.17) is 9.47 Å². The molecule has 2 N–H and O–H groups in total. The summed E-state index contributed by atoms with van der Waals surface area (Å²) in [6.07, 6.45) is 4.37. The van der Waals surface area contributed by atoms with Gasteiger partial charge in [0.2, 0.25) is 17.7 Å². The van der Waals surface area contributed by atoms with Crippen molar-refractivity contribution in [2.75, 3.05) is 27.7 Å². The molecule has 5 atom stereocenters. The zero-order valence-corrected chi connectivity index (χ0v) is 23.9. The maximum Gasteiger partial charge on any atom is 0.247 e. The van der Waals surface area contributed by atoms with Crippen LogP contribution in [0.3, 0.4) is 0 Å². The van der Waals surface area contributed by atoms with E-state index < -0.39 is 30.1 Å². The second-order valence-electron chi connectivity index (χ2n) is 10.7. The summed E-state index contributed by atoms with van der Waals surface area (Å²) in [5.41, 5.74) is 1.75. The highest BCUT2D eigenvalue weighted by atomic mass is 16.5. The van der Waals surface area contributed by atoms with E-state index in [-0.39, 0.29) is 17.7 Å². The fraction of sp³-hybridized carbons (Fsp3) is 0.452. The number of fused-ring (bicyclic) bond motifs is 3. The van der Waals surface area contributed by atoms with E-state index >= 15 is 0 Å². The molecule has 0 spiro atoms. The van der Waals surface area contributed by atoms with Gasteiger partial charge in [-0.3, -0.25) is 19.3 Å². The lowest BCUT2D eigenvalue weighted by Crippen LogP contribution is -2.59. The van der Waals surface area contributed by atoms with Gasteiger partial charge in [0, 0.05) is 24.7 Å². The van der Waals surface area contributed by atoms with Gasteiger partial charge in [-0.15, -0.1) is 0 Å². The lowest BCUT2D eigenvalue weighted by molar-refractivity contribution is -0.144. The number of carbonyl (C=O) groups excluding carboxylic acids is 3. The Morgan fingerprint density at radius 3 is 2.58 bits per heavy atom. The number of likely N-dealkylation sites (tertiary alicyclic amines) is 1. The summed E-state index contributed by atoms with van der Waals surface area (Å²) in [6.45, 7) is 4.26. The van der Waals surface area contributed by atoms with Gasteiger partial charge < -0.3 is 25.0 Å². The number of hydrogen-bond acceptors (Lipinski definition) is 6. The van der Waals surface area contributed by atoms with E-state index in [0.29, 0.717) is 37.3 Å². The number of ether oxygens (including phenoxy) is 2. The molecule has 4 rings (SSSR count). The first-order valence-electron chi connectivity index (χ1n) is 13.9. The van der Waals surface area contributed by atoms with Gasteiger partial charge >= 0.3 is 0 Å². The molecule has 1 fully saturated rings. The largest absolute Gasteiger partial charge is 0.496 e. The van der Waals surface area contributed by atoms with Crippen molar-refractivity contribution in [1.82, 2.24) is 20.4 Å². The van der Waals surface area contributed by atoms with Crippen molar-refractivity contribution in [2.24, 2.45) is 5.92 Å². The number of nitrogens with zero attached hydrogens (tertiary/aromatic N) is 2. The molecule has 9 nitrogen and oxygen atoms in total. The summed E-state index contributed by atoms with van der Waals surface area (Å²) in [6, 6.07) is 13.1. The number of rotatable bonds is 7. The van der Waals surface area contributed by atoms with Crippen LogP contribution in [-0.2, 0) is 20.8 Å². The van der Waals surface area contributed by atoms with E-state index in [1.807, 2.05) is 69.2 Å². The molecule has 2 aromatic carbocycles. The van der Waals surface area contributed by atoms with Crippen molar-refractivity contribution in [3.8, 4) is 11.5 Å². The Morgan fingerprint density at radius 2 is 1.90 bits per heavy atom. The molecule has 2 aliphatic heterocycles. The highest BCUT2D eigenvalue weighted by molar-refractivity contribution is 5.94. The Labute approximate surface area is 236 Å². The summed E-state index contributed by atoms with van der Waals surface area (Å²) < 4.78 is 11.9. The van der Waals surface area contributed by atoms with Gasteiger partial charge in [-0.1, -0.05) is 50.6 Å². The van der Waals surface area contributed by atoms with Crippen molar-refractivity contribution in [2.45, 2.75) is 57.3 Å². The quantitative estimate of drug-likeness (QED) is 0.552. The van der Waals surface area contributed by atoms with Crippen LogP contribution >= 0.6 is 0 Å². The van der Waals surface area contributed by atoms with Crippen LogP contribution in [0.4, 0.5) is 0 Å². The fourth-order valence-electron chi connectivity index (χ4n) is 5.30. The number of nitrogens with one attached hydrogen (secondary N) is 2. The Kier molecular flexibility index (Phi) is 9.47. The van der Waals surface area contributed by atoms with E-state index in [9.17, 15) is 14.4 Å². The number of amides is 3. The Bertz CT molecular complexity index is 1230. The first kappa shape index (κ1) is 29.1. The van der Waals surface area contributed by atoms with E-state index in [2.05, 4.69) is 10.6 Å². The summed E-state index contributed by atoms with van der Waals surface area (Å²) >= 11 is 0. The van der Waals surface area contributed by atoms with Crippen molar-refractivity contribution in [3.63, 3.8) is 0 Å². The molecule has 40 heavy (non-hydrogen) atoms. The molecule has 1 saturated heterocycles. The molecule has 0 saturated carbocycles. The van der Waals surface area contributed by atoms with E-state index in [0.717, 1.165) is 11.1 Å². The van der Waals surface area contributed by atoms with Gasteiger partial charge in [0.15, 0.2) is 0 Å². The predicted octanol–water partition coefficient (Wildman–Crippen LogP) is 2.85. The Hall–Kier alpha value is -3.85. The lowest BCUT2D eigenvalue weighted by atomic mass is 9.97. The minimum absolute atomic E-state index is 0.129. The molecule has 0 aromatic heterocycles. The van der Waals surface area contributed by atoms with Crippen molar-refractivity contribution in [3.05, 3.63) is 65.9 Å². The van der Waals surface area contributed by atoms with Gasteiger partial charge in [0.25, 0.3) is 0 Å². The van der Waals surface area contributed by atoms with Crippen molar-refractivity contribution < 1.29 is 23.9 Å². The zero-order chi connectivity index (χ0) is 28.8. The average molecular weight is 549 g/mol. The number of carbonyl (C=O) groups is 3. The molecule has 2 aromatic rings. The number of benzene rings is 2. The molecule has 0 unspecified atom stereocenters. The number of hydrogen-bond donors (Lipinski definition) is 2. The van der Waals surface area contributed by atoms with Crippen LogP contribution in [0.1, 0.15) is 37.8 Å². The molecule has 0 radical (unpaired) electrons. The first-order chi connectivity index (χ1) is 19.2. The van der Waals surface area contributed by atoms with Crippen LogP contribution in [-0.4, -0.2) is 79.5 Å². The van der Waals surface area contributed by atoms with Crippen LogP contribution in [0, 0.1) is 5.92 Å². The maximum atomic E-state index is 14.1. The minimum atomic E-state index is -0.899. The van der Waals surface area contributed by atoms with Gasteiger partial charge in [-0.05, 0) is 56.3 Å². The number of methoxy groups -OCH3 is 1. The summed E-state index contributed by atoms with van der Waals surface area (Å²) in [5, 5.41) is 5.77. The predicted molar refractivity (Wildman–Crippen MR) is 154 cm³/mol. The summed E-state index contributed by atoms with van der Waals surface area (Å²) in [4.78, 5) is 44.7. The second kappa shape index (κ2) is 13.0. The summed E-state index contributed by atoms with van der Waals surface area (Å²) in [5.74, 6) is 0.175. The van der Waals surface area contributed by atoms with Crippen LogP contribution in [0.25, 0.3) is 6.08 Å². The van der Waals surface area contributed by atoms with E-state index in [1.165, 1.54) is 0 Å². The third-order valence-corrected chi connectivity index (χ3v) is 7.84. The third-order valence-electron chi connectivity index (χ3n) is 7.84. The Morgan fingerprint density at radius 1 is 1.15 bits per heavy atom. The average Bonchev–Trinajstić information content (AvgIpc) is 3.37. The van der Waals surface area contributed by atoms with Crippen molar-refractivity contribution in [1.29, 1.82) is 0 Å². The lowest BCUT2D eigenvalue weighted by Gasteiger charge is -2.34. The molecule has 3 amide bonds. The van der Waals surface area contributed by atoms with Gasteiger partial charge in [-0.25, -0.2) is 0 Å². The molecular formula is C31H40N4O5. The first-order valence-corrected chi connectivity index (χ1v) is 13.9. The third kappa shape index (κ3) is 6.47. The van der Waals surface area contributed by atoms with Gasteiger partial charge in [0.1, 0.15) is 29.7 Å². The summed E-state index contributed by atoms with van der Waals surface area (Å²) in [7, 11) is 5.32. The molecule has 214 valence electrons. The number of likely N-dealkylation sites (N-methyl/N-ethyl adjacent to an activating group) is 1. The standard InChI is InChI=1S/C31H40N4O5/c1-6-20(2)27-29(36)32-16-14-22-19-23(12-13-25(22)39-5)40-26-15-17-35(28(26)30(37)33-27)31(38)24(34(3)4)18-21-10-8-7-9-11-21/h7-14,16,19-20,24,26-28H,6,15,17-18H2,1-5H3,(H,32,36)(H,33,37)/b16-14+/t20-,24-,26-,27-,28-/m0/s1. The minimum Gasteiger partial charge on any atom is -0.496 e. The molecule has 2 aliphatic rings. The Balaban J connectivity index is 1.71. The smallest absolute Gasteiger partial charge is 0.247 e. The van der Waals surface area contributed by atoms with Crippen LogP contribution in [0.15, 0.2) is 54.7 Å².